The van der Waals surface area contributed by atoms with E-state index in [0.29, 0.717) is 11.7 Å². The zero-order valence-corrected chi connectivity index (χ0v) is 15.1. The highest BCUT2D eigenvalue weighted by molar-refractivity contribution is 5.51. The number of benzene rings is 1. The molecule has 2 aromatic rings. The number of rotatable bonds is 4. The molecule has 1 N–H and O–H groups in total. The third-order valence-corrected chi connectivity index (χ3v) is 5.37. The molecule has 0 bridgehead atoms. The number of hydrogen-bond acceptors (Lipinski definition) is 5. The molecule has 3 heterocycles. The van der Waals surface area contributed by atoms with E-state index in [2.05, 4.69) is 31.2 Å². The standard InChI is InChI=1S/C20H26FN5/c21-17-6-2-3-7-18(17)24-16-8-12-26(13-9-16)20-14-19(22-15-23-20)25-10-4-1-5-11-25/h2-3,6-7,14-16,24H,1,4-5,8-13H2. The molecule has 0 amide bonds. The average Bonchev–Trinajstić information content (AvgIpc) is 2.71. The van der Waals surface area contributed by atoms with Crippen molar-refractivity contribution in [1.82, 2.24) is 9.97 Å². The zero-order chi connectivity index (χ0) is 17.8. The molecule has 26 heavy (non-hydrogen) atoms. The highest BCUT2D eigenvalue weighted by Gasteiger charge is 2.22. The van der Waals surface area contributed by atoms with Crippen LogP contribution in [-0.2, 0) is 0 Å². The summed E-state index contributed by atoms with van der Waals surface area (Å²) in [7, 11) is 0. The van der Waals surface area contributed by atoms with E-state index in [1.807, 2.05) is 6.07 Å². The number of hydrogen-bond donors (Lipinski definition) is 1. The first-order chi connectivity index (χ1) is 12.8. The zero-order valence-electron chi connectivity index (χ0n) is 15.1. The van der Waals surface area contributed by atoms with Gasteiger partial charge in [0.05, 0.1) is 5.69 Å². The van der Waals surface area contributed by atoms with Crippen molar-refractivity contribution in [2.45, 2.75) is 38.1 Å². The maximum Gasteiger partial charge on any atom is 0.146 e. The first kappa shape index (κ1) is 17.1. The van der Waals surface area contributed by atoms with Gasteiger partial charge in [0.1, 0.15) is 23.8 Å². The molecule has 4 rings (SSSR count). The van der Waals surface area contributed by atoms with Crippen LogP contribution in [0.2, 0.25) is 0 Å². The smallest absolute Gasteiger partial charge is 0.146 e. The van der Waals surface area contributed by atoms with Gasteiger partial charge >= 0.3 is 0 Å². The summed E-state index contributed by atoms with van der Waals surface area (Å²) < 4.78 is 13.8. The third-order valence-electron chi connectivity index (χ3n) is 5.37. The van der Waals surface area contributed by atoms with Gasteiger partial charge in [-0.05, 0) is 44.2 Å². The van der Waals surface area contributed by atoms with Crippen LogP contribution in [0.3, 0.4) is 0 Å². The topological polar surface area (TPSA) is 44.3 Å². The lowest BCUT2D eigenvalue weighted by molar-refractivity contribution is 0.519. The first-order valence-electron chi connectivity index (χ1n) is 9.62. The van der Waals surface area contributed by atoms with Gasteiger partial charge in [-0.15, -0.1) is 0 Å². The summed E-state index contributed by atoms with van der Waals surface area (Å²) in [5, 5.41) is 3.34. The largest absolute Gasteiger partial charge is 0.380 e. The molecule has 0 spiro atoms. The molecule has 5 nitrogen and oxygen atoms in total. The summed E-state index contributed by atoms with van der Waals surface area (Å²) in [6.07, 6.45) is 7.42. The summed E-state index contributed by atoms with van der Waals surface area (Å²) in [5.41, 5.74) is 0.598. The Morgan fingerprint density at radius 2 is 1.54 bits per heavy atom. The van der Waals surface area contributed by atoms with E-state index < -0.39 is 0 Å². The fraction of sp³-hybridized carbons (Fsp3) is 0.500. The van der Waals surface area contributed by atoms with E-state index in [-0.39, 0.29) is 5.82 Å². The molecule has 138 valence electrons. The predicted octanol–water partition coefficient (Wildman–Crippen LogP) is 3.69. The van der Waals surface area contributed by atoms with E-state index in [0.717, 1.165) is 50.7 Å². The van der Waals surface area contributed by atoms with Crippen molar-refractivity contribution in [3.05, 3.63) is 42.5 Å². The number of aromatic nitrogens is 2. The Bertz CT molecular complexity index is 724. The highest BCUT2D eigenvalue weighted by Crippen LogP contribution is 2.25. The minimum absolute atomic E-state index is 0.183. The van der Waals surface area contributed by atoms with Crippen LogP contribution in [0.25, 0.3) is 0 Å². The Kier molecular flexibility index (Phi) is 5.18. The molecule has 6 heteroatoms. The monoisotopic (exact) mass is 355 g/mol. The van der Waals surface area contributed by atoms with Crippen LogP contribution in [0.4, 0.5) is 21.7 Å². The highest BCUT2D eigenvalue weighted by atomic mass is 19.1. The molecule has 0 atom stereocenters. The summed E-state index contributed by atoms with van der Waals surface area (Å²) in [4.78, 5) is 13.6. The minimum atomic E-state index is -0.183. The van der Waals surface area contributed by atoms with Crippen molar-refractivity contribution in [3.8, 4) is 0 Å². The van der Waals surface area contributed by atoms with Gasteiger partial charge in [-0.25, -0.2) is 14.4 Å². The van der Waals surface area contributed by atoms with Crippen molar-refractivity contribution in [1.29, 1.82) is 0 Å². The van der Waals surface area contributed by atoms with Gasteiger partial charge in [-0.1, -0.05) is 12.1 Å². The maximum atomic E-state index is 13.8. The van der Waals surface area contributed by atoms with Crippen LogP contribution in [0, 0.1) is 5.82 Å². The number of nitrogens with zero attached hydrogens (tertiary/aromatic N) is 4. The molecule has 0 saturated carbocycles. The van der Waals surface area contributed by atoms with Crippen LogP contribution in [0.1, 0.15) is 32.1 Å². The Hall–Kier alpha value is -2.37. The molecule has 1 aromatic carbocycles. The van der Waals surface area contributed by atoms with Gasteiger partial charge in [0.2, 0.25) is 0 Å². The molecule has 2 aliphatic heterocycles. The summed E-state index contributed by atoms with van der Waals surface area (Å²) in [5.74, 6) is 1.86. The number of anilines is 3. The van der Waals surface area contributed by atoms with E-state index in [1.165, 1.54) is 25.3 Å². The van der Waals surface area contributed by atoms with E-state index in [1.54, 1.807) is 18.5 Å². The number of halogens is 1. The Balaban J connectivity index is 1.36. The maximum absolute atomic E-state index is 13.8. The lowest BCUT2D eigenvalue weighted by Crippen LogP contribution is -2.40. The van der Waals surface area contributed by atoms with Crippen molar-refractivity contribution in [2.24, 2.45) is 0 Å². The van der Waals surface area contributed by atoms with Crippen LogP contribution in [0.5, 0.6) is 0 Å². The number of piperidine rings is 2. The lowest BCUT2D eigenvalue weighted by atomic mass is 10.0. The first-order valence-corrected chi connectivity index (χ1v) is 9.62. The van der Waals surface area contributed by atoms with E-state index in [4.69, 9.17) is 0 Å². The minimum Gasteiger partial charge on any atom is -0.380 e. The van der Waals surface area contributed by atoms with Gasteiger partial charge < -0.3 is 15.1 Å². The normalized spacial score (nSPS) is 18.8. The van der Waals surface area contributed by atoms with Crippen LogP contribution in [0.15, 0.2) is 36.7 Å². The van der Waals surface area contributed by atoms with Gasteiger partial charge in [0.15, 0.2) is 0 Å². The quantitative estimate of drug-likeness (QED) is 0.906. The molecular formula is C20H26FN5. The molecule has 0 aliphatic carbocycles. The van der Waals surface area contributed by atoms with Gasteiger partial charge in [0.25, 0.3) is 0 Å². The van der Waals surface area contributed by atoms with E-state index in [9.17, 15) is 4.39 Å². The Morgan fingerprint density at radius 1 is 0.885 bits per heavy atom. The molecule has 2 fully saturated rings. The molecule has 2 aliphatic rings. The Morgan fingerprint density at radius 3 is 2.23 bits per heavy atom. The third kappa shape index (κ3) is 3.89. The summed E-state index contributed by atoms with van der Waals surface area (Å²) in [6.45, 7) is 4.02. The fourth-order valence-corrected chi connectivity index (χ4v) is 3.86. The molecule has 0 radical (unpaired) electrons. The second kappa shape index (κ2) is 7.89. The van der Waals surface area contributed by atoms with Crippen molar-refractivity contribution in [2.75, 3.05) is 41.3 Å². The predicted molar refractivity (Wildman–Crippen MR) is 103 cm³/mol. The van der Waals surface area contributed by atoms with Crippen LogP contribution in [-0.4, -0.2) is 42.2 Å². The van der Waals surface area contributed by atoms with Crippen molar-refractivity contribution in [3.63, 3.8) is 0 Å². The van der Waals surface area contributed by atoms with Crippen molar-refractivity contribution < 1.29 is 4.39 Å². The average molecular weight is 355 g/mol. The second-order valence-corrected chi connectivity index (χ2v) is 7.17. The van der Waals surface area contributed by atoms with Gasteiger partial charge in [0, 0.05) is 38.3 Å². The molecule has 2 saturated heterocycles. The SMILES string of the molecule is Fc1ccccc1NC1CCN(c2cc(N3CCCCC3)ncn2)CC1. The lowest BCUT2D eigenvalue weighted by Gasteiger charge is -2.34. The summed E-state index contributed by atoms with van der Waals surface area (Å²) >= 11 is 0. The molecular weight excluding hydrogens is 329 g/mol. The summed E-state index contributed by atoms with van der Waals surface area (Å²) in [6, 6.07) is 9.31. The van der Waals surface area contributed by atoms with Gasteiger partial charge in [-0.3, -0.25) is 0 Å². The molecule has 0 unspecified atom stereocenters. The molecule has 1 aromatic heterocycles. The second-order valence-electron chi connectivity index (χ2n) is 7.17. The van der Waals surface area contributed by atoms with E-state index >= 15 is 0 Å². The van der Waals surface area contributed by atoms with Gasteiger partial charge in [-0.2, -0.15) is 0 Å². The number of para-hydroxylation sites is 1. The van der Waals surface area contributed by atoms with Crippen LogP contribution >= 0.6 is 0 Å². The van der Waals surface area contributed by atoms with Crippen LogP contribution < -0.4 is 15.1 Å². The fourth-order valence-electron chi connectivity index (χ4n) is 3.86. The van der Waals surface area contributed by atoms with Crippen molar-refractivity contribution >= 4 is 17.3 Å². The number of nitrogens with one attached hydrogen (secondary N) is 1. The Labute approximate surface area is 154 Å².